The molecular weight excluding hydrogens is 336 g/mol. The molecule has 1 aliphatic heterocycles. The van der Waals surface area contributed by atoms with Gasteiger partial charge in [0.05, 0.1) is 5.52 Å². The molecule has 4 nitrogen and oxygen atoms in total. The number of halogens is 1. The third-order valence-electron chi connectivity index (χ3n) is 4.51. The van der Waals surface area contributed by atoms with Crippen LogP contribution in [-0.4, -0.2) is 24.2 Å². The lowest BCUT2D eigenvalue weighted by Gasteiger charge is -2.33. The lowest BCUT2D eigenvalue weighted by molar-refractivity contribution is 0.171. The van der Waals surface area contributed by atoms with E-state index in [9.17, 15) is 5.11 Å². The molecule has 0 spiro atoms. The molecule has 1 fully saturated rings. The Bertz CT molecular complexity index is 892. The third-order valence-corrected chi connectivity index (χ3v) is 4.75. The molecule has 5 heteroatoms. The molecule has 127 valence electrons. The molecular formula is C20H18ClN2O2. The third kappa shape index (κ3) is 3.64. The normalized spacial score (nSPS) is 15.5. The number of benzene rings is 2. The first-order valence-corrected chi connectivity index (χ1v) is 8.80. The van der Waals surface area contributed by atoms with E-state index in [2.05, 4.69) is 9.88 Å². The van der Waals surface area contributed by atoms with Crippen LogP contribution in [-0.2, 0) is 5.11 Å². The average Bonchev–Trinajstić information content (AvgIpc) is 2.62. The van der Waals surface area contributed by atoms with Crippen LogP contribution < -0.4 is 9.64 Å². The number of ether oxygens (including phenoxy) is 1. The molecule has 25 heavy (non-hydrogen) atoms. The molecule has 1 saturated heterocycles. The second-order valence-corrected chi connectivity index (χ2v) is 6.72. The van der Waals surface area contributed by atoms with Crippen molar-refractivity contribution in [1.29, 1.82) is 0 Å². The lowest BCUT2D eigenvalue weighted by Crippen LogP contribution is -2.38. The largest absolute Gasteiger partial charge is 0.490 e. The van der Waals surface area contributed by atoms with Gasteiger partial charge in [-0.1, -0.05) is 17.7 Å². The standard InChI is InChI=1S/C20H18ClN2O2/c21-15-2-1-3-18(12-15)25-17-8-10-23(11-9-17)20-7-5-14-4-6-16(24)13-19(14)22-20/h1-7,12-13,17H,8-11H2. The predicted octanol–water partition coefficient (Wildman–Crippen LogP) is 5.08. The van der Waals surface area contributed by atoms with Crippen LogP contribution in [0.1, 0.15) is 12.8 Å². The lowest BCUT2D eigenvalue weighted by atomic mass is 10.1. The zero-order valence-corrected chi connectivity index (χ0v) is 14.4. The molecule has 2 aromatic carbocycles. The minimum Gasteiger partial charge on any atom is -0.490 e. The maximum absolute atomic E-state index is 11.5. The second kappa shape index (κ2) is 6.81. The van der Waals surface area contributed by atoms with Crippen molar-refractivity contribution in [2.75, 3.05) is 18.0 Å². The summed E-state index contributed by atoms with van der Waals surface area (Å²) in [5.41, 5.74) is 0.752. The van der Waals surface area contributed by atoms with E-state index in [0.717, 1.165) is 48.4 Å². The summed E-state index contributed by atoms with van der Waals surface area (Å²) in [4.78, 5) is 6.89. The van der Waals surface area contributed by atoms with Crippen LogP contribution >= 0.6 is 11.6 Å². The Morgan fingerprint density at radius 1 is 1.04 bits per heavy atom. The highest BCUT2D eigenvalue weighted by Crippen LogP contribution is 2.26. The monoisotopic (exact) mass is 353 g/mol. The van der Waals surface area contributed by atoms with Gasteiger partial charge in [0.2, 0.25) is 0 Å². The average molecular weight is 354 g/mol. The summed E-state index contributed by atoms with van der Waals surface area (Å²) in [6.45, 7) is 1.75. The fraction of sp³-hybridized carbons (Fsp3) is 0.250. The number of fused-ring (bicyclic) bond motifs is 1. The van der Waals surface area contributed by atoms with E-state index < -0.39 is 0 Å². The van der Waals surface area contributed by atoms with Gasteiger partial charge in [0.15, 0.2) is 5.75 Å². The first kappa shape index (κ1) is 16.0. The van der Waals surface area contributed by atoms with Crippen LogP contribution in [0.2, 0.25) is 5.02 Å². The van der Waals surface area contributed by atoms with Gasteiger partial charge in [-0.3, -0.25) is 5.11 Å². The Kier molecular flexibility index (Phi) is 4.36. The Labute approximate surface area is 151 Å². The molecule has 0 amide bonds. The van der Waals surface area contributed by atoms with Gasteiger partial charge in [-0.05, 0) is 42.5 Å². The van der Waals surface area contributed by atoms with Gasteiger partial charge >= 0.3 is 0 Å². The van der Waals surface area contributed by atoms with E-state index in [0.29, 0.717) is 5.02 Å². The number of aromatic nitrogens is 1. The summed E-state index contributed by atoms with van der Waals surface area (Å²) in [6, 6.07) is 16.5. The first-order chi connectivity index (χ1) is 12.2. The molecule has 3 aromatic rings. The van der Waals surface area contributed by atoms with E-state index in [1.54, 1.807) is 12.1 Å². The van der Waals surface area contributed by atoms with Gasteiger partial charge in [-0.2, -0.15) is 0 Å². The highest BCUT2D eigenvalue weighted by Gasteiger charge is 2.21. The van der Waals surface area contributed by atoms with Gasteiger partial charge in [-0.15, -0.1) is 0 Å². The molecule has 0 saturated carbocycles. The molecule has 0 N–H and O–H groups in total. The number of anilines is 1. The van der Waals surface area contributed by atoms with E-state index in [1.807, 2.05) is 42.5 Å². The summed E-state index contributed by atoms with van der Waals surface area (Å²) in [7, 11) is 0. The van der Waals surface area contributed by atoms with Crippen LogP contribution in [0.4, 0.5) is 5.82 Å². The molecule has 4 rings (SSSR count). The minimum absolute atomic E-state index is 0.00854. The van der Waals surface area contributed by atoms with Crippen LogP contribution in [0.3, 0.4) is 0 Å². The Balaban J connectivity index is 1.43. The van der Waals surface area contributed by atoms with Crippen LogP contribution in [0, 0.1) is 0 Å². The number of hydrogen-bond donors (Lipinski definition) is 0. The number of rotatable bonds is 3. The molecule has 0 aliphatic carbocycles. The smallest absolute Gasteiger partial charge is 0.180 e. The SMILES string of the molecule is [O]c1ccc2ccc(N3CCC(Oc4cccc(Cl)c4)CC3)nc2c1. The molecule has 1 aromatic heterocycles. The highest BCUT2D eigenvalue weighted by atomic mass is 35.5. The minimum atomic E-state index is -0.00854. The van der Waals surface area contributed by atoms with Gasteiger partial charge in [-0.25, -0.2) is 4.98 Å². The molecule has 1 aliphatic rings. The second-order valence-electron chi connectivity index (χ2n) is 6.29. The van der Waals surface area contributed by atoms with Crippen molar-refractivity contribution in [3.05, 3.63) is 59.6 Å². The molecule has 0 bridgehead atoms. The predicted molar refractivity (Wildman–Crippen MR) is 99.2 cm³/mol. The summed E-state index contributed by atoms with van der Waals surface area (Å²) >= 11 is 6.01. The summed E-state index contributed by atoms with van der Waals surface area (Å²) < 4.78 is 6.03. The molecule has 0 unspecified atom stereocenters. The molecule has 1 radical (unpaired) electrons. The zero-order valence-electron chi connectivity index (χ0n) is 13.7. The van der Waals surface area contributed by atoms with Crippen molar-refractivity contribution in [2.45, 2.75) is 18.9 Å². The van der Waals surface area contributed by atoms with Crippen molar-refractivity contribution in [3.8, 4) is 11.5 Å². The Hall–Kier alpha value is -2.46. The van der Waals surface area contributed by atoms with E-state index >= 15 is 0 Å². The number of nitrogens with zero attached hydrogens (tertiary/aromatic N) is 2. The Morgan fingerprint density at radius 3 is 2.64 bits per heavy atom. The van der Waals surface area contributed by atoms with Crippen molar-refractivity contribution in [1.82, 2.24) is 4.98 Å². The molecule has 0 atom stereocenters. The van der Waals surface area contributed by atoms with Gasteiger partial charge in [0.1, 0.15) is 17.7 Å². The van der Waals surface area contributed by atoms with Gasteiger partial charge in [0.25, 0.3) is 0 Å². The fourth-order valence-corrected chi connectivity index (χ4v) is 3.38. The van der Waals surface area contributed by atoms with Gasteiger partial charge in [0, 0.05) is 42.4 Å². The summed E-state index contributed by atoms with van der Waals surface area (Å²) in [6.07, 6.45) is 2.03. The fourth-order valence-electron chi connectivity index (χ4n) is 3.20. The Morgan fingerprint density at radius 2 is 1.84 bits per heavy atom. The topological polar surface area (TPSA) is 45.3 Å². The van der Waals surface area contributed by atoms with Crippen molar-refractivity contribution in [3.63, 3.8) is 0 Å². The summed E-state index contributed by atoms with van der Waals surface area (Å²) in [5.74, 6) is 1.72. The number of hydrogen-bond acceptors (Lipinski definition) is 3. The van der Waals surface area contributed by atoms with Crippen molar-refractivity contribution >= 4 is 28.3 Å². The zero-order chi connectivity index (χ0) is 17.2. The van der Waals surface area contributed by atoms with Crippen molar-refractivity contribution < 1.29 is 9.84 Å². The number of piperidine rings is 1. The highest BCUT2D eigenvalue weighted by molar-refractivity contribution is 6.30. The van der Waals surface area contributed by atoms with Crippen molar-refractivity contribution in [2.24, 2.45) is 0 Å². The first-order valence-electron chi connectivity index (χ1n) is 8.42. The summed E-state index contributed by atoms with van der Waals surface area (Å²) in [5, 5.41) is 13.2. The maximum atomic E-state index is 11.5. The van der Waals surface area contributed by atoms with E-state index in [-0.39, 0.29) is 11.9 Å². The maximum Gasteiger partial charge on any atom is 0.180 e. The van der Waals surface area contributed by atoms with Crippen LogP contribution in [0.5, 0.6) is 11.5 Å². The quantitative estimate of drug-likeness (QED) is 0.659. The van der Waals surface area contributed by atoms with E-state index in [4.69, 9.17) is 16.3 Å². The van der Waals surface area contributed by atoms with Crippen LogP contribution in [0.25, 0.3) is 10.9 Å². The van der Waals surface area contributed by atoms with Crippen LogP contribution in [0.15, 0.2) is 54.6 Å². The van der Waals surface area contributed by atoms with Gasteiger partial charge < -0.3 is 9.64 Å². The van der Waals surface area contributed by atoms with E-state index in [1.165, 1.54) is 0 Å². The molecule has 2 heterocycles. The number of pyridine rings is 1.